The van der Waals surface area contributed by atoms with Crippen LogP contribution in [0.25, 0.3) is 0 Å². The third kappa shape index (κ3) is 2.04. The molecule has 2 aromatic rings. The third-order valence-corrected chi connectivity index (χ3v) is 2.54. The van der Waals surface area contributed by atoms with Gasteiger partial charge in [-0.05, 0) is 0 Å². The van der Waals surface area contributed by atoms with Crippen molar-refractivity contribution in [2.24, 2.45) is 5.73 Å². The first kappa shape index (κ1) is 11.0. The SMILES string of the molecule is NC(c1noc(C(F)(F)F)n1)c1nccs1. The van der Waals surface area contributed by atoms with Gasteiger partial charge in [-0.1, -0.05) is 5.16 Å². The predicted molar refractivity (Wildman–Crippen MR) is 47.4 cm³/mol. The fourth-order valence-corrected chi connectivity index (χ4v) is 1.61. The molecule has 2 N–H and O–H groups in total. The van der Waals surface area contributed by atoms with Gasteiger partial charge >= 0.3 is 12.1 Å². The molecule has 0 fully saturated rings. The van der Waals surface area contributed by atoms with Crippen molar-refractivity contribution < 1.29 is 17.7 Å². The van der Waals surface area contributed by atoms with Crippen LogP contribution in [0.3, 0.4) is 0 Å². The number of thiazole rings is 1. The summed E-state index contributed by atoms with van der Waals surface area (Å²) in [6.07, 6.45) is -3.17. The van der Waals surface area contributed by atoms with Crippen molar-refractivity contribution >= 4 is 11.3 Å². The number of aromatic nitrogens is 3. The lowest BCUT2D eigenvalue weighted by Crippen LogP contribution is -2.14. The number of hydrogen-bond donors (Lipinski definition) is 1. The highest BCUT2D eigenvalue weighted by Gasteiger charge is 2.39. The second-order valence-corrected chi connectivity index (χ2v) is 3.73. The number of halogens is 3. The molecule has 16 heavy (non-hydrogen) atoms. The Morgan fingerprint density at radius 2 is 2.19 bits per heavy atom. The Balaban J connectivity index is 2.26. The minimum absolute atomic E-state index is 0.234. The predicted octanol–water partition coefficient (Wildman–Crippen LogP) is 1.59. The van der Waals surface area contributed by atoms with Crippen LogP contribution in [0.15, 0.2) is 16.1 Å². The van der Waals surface area contributed by atoms with Crippen LogP contribution in [-0.2, 0) is 6.18 Å². The van der Waals surface area contributed by atoms with Gasteiger partial charge in [0.25, 0.3) is 0 Å². The maximum atomic E-state index is 12.2. The van der Waals surface area contributed by atoms with Crippen LogP contribution in [0.4, 0.5) is 13.2 Å². The van der Waals surface area contributed by atoms with Gasteiger partial charge in [-0.3, -0.25) is 0 Å². The van der Waals surface area contributed by atoms with Gasteiger partial charge in [0.05, 0.1) is 0 Å². The summed E-state index contributed by atoms with van der Waals surface area (Å²) in [5.41, 5.74) is 5.61. The summed E-state index contributed by atoms with van der Waals surface area (Å²) in [6, 6.07) is -0.903. The van der Waals surface area contributed by atoms with Gasteiger partial charge in [-0.25, -0.2) is 4.98 Å². The molecule has 0 saturated heterocycles. The van der Waals surface area contributed by atoms with E-state index in [1.807, 2.05) is 0 Å². The second-order valence-electron chi connectivity index (χ2n) is 2.80. The molecule has 5 nitrogen and oxygen atoms in total. The lowest BCUT2D eigenvalue weighted by Gasteiger charge is -2.01. The molecule has 1 unspecified atom stereocenters. The molecular formula is C7H5F3N4OS. The van der Waals surface area contributed by atoms with Crippen molar-refractivity contribution in [3.05, 3.63) is 28.3 Å². The monoisotopic (exact) mass is 250 g/mol. The molecule has 0 aliphatic heterocycles. The lowest BCUT2D eigenvalue weighted by molar-refractivity contribution is -0.159. The van der Waals surface area contributed by atoms with Gasteiger partial charge < -0.3 is 10.3 Å². The number of alkyl halides is 3. The molecular weight excluding hydrogens is 245 g/mol. The van der Waals surface area contributed by atoms with Gasteiger partial charge in [0.15, 0.2) is 5.82 Å². The van der Waals surface area contributed by atoms with E-state index in [4.69, 9.17) is 5.73 Å². The Hall–Kier alpha value is -1.48. The van der Waals surface area contributed by atoms with E-state index in [2.05, 4.69) is 19.6 Å². The molecule has 86 valence electrons. The van der Waals surface area contributed by atoms with Gasteiger partial charge in [-0.2, -0.15) is 18.2 Å². The van der Waals surface area contributed by atoms with E-state index >= 15 is 0 Å². The van der Waals surface area contributed by atoms with E-state index in [9.17, 15) is 13.2 Å². The van der Waals surface area contributed by atoms with E-state index < -0.39 is 18.1 Å². The number of hydrogen-bond acceptors (Lipinski definition) is 6. The standard InChI is InChI=1S/C7H5F3N4OS/c8-7(9,10)6-13-4(14-15-6)3(11)5-12-1-2-16-5/h1-3H,11H2. The highest BCUT2D eigenvalue weighted by molar-refractivity contribution is 7.09. The first-order chi connectivity index (χ1) is 7.48. The summed E-state index contributed by atoms with van der Waals surface area (Å²) < 4.78 is 40.5. The van der Waals surface area contributed by atoms with Crippen molar-refractivity contribution in [3.8, 4) is 0 Å². The minimum Gasteiger partial charge on any atom is -0.329 e. The first-order valence-corrected chi connectivity index (χ1v) is 4.92. The molecule has 0 radical (unpaired) electrons. The van der Waals surface area contributed by atoms with Gasteiger partial charge in [0.1, 0.15) is 11.0 Å². The van der Waals surface area contributed by atoms with Crippen molar-refractivity contribution in [1.29, 1.82) is 0 Å². The molecule has 2 aromatic heterocycles. The Bertz CT molecular complexity index is 466. The number of rotatable bonds is 2. The smallest absolute Gasteiger partial charge is 0.329 e. The van der Waals surface area contributed by atoms with E-state index in [1.165, 1.54) is 17.5 Å². The van der Waals surface area contributed by atoms with E-state index in [0.29, 0.717) is 5.01 Å². The topological polar surface area (TPSA) is 77.8 Å². The zero-order valence-electron chi connectivity index (χ0n) is 7.60. The molecule has 1 atom stereocenters. The first-order valence-electron chi connectivity index (χ1n) is 4.04. The largest absolute Gasteiger partial charge is 0.471 e. The summed E-state index contributed by atoms with van der Waals surface area (Å²) >= 11 is 1.20. The number of nitrogens with two attached hydrogens (primary N) is 1. The zero-order valence-corrected chi connectivity index (χ0v) is 8.42. The van der Waals surface area contributed by atoms with Crippen LogP contribution in [0.1, 0.15) is 22.8 Å². The van der Waals surface area contributed by atoms with Crippen LogP contribution in [0.5, 0.6) is 0 Å². The number of nitrogens with zero attached hydrogens (tertiary/aromatic N) is 3. The van der Waals surface area contributed by atoms with Crippen molar-refractivity contribution in [2.45, 2.75) is 12.2 Å². The summed E-state index contributed by atoms with van der Waals surface area (Å²) in [7, 11) is 0. The van der Waals surface area contributed by atoms with Gasteiger partial charge in [0.2, 0.25) is 0 Å². The van der Waals surface area contributed by atoms with E-state index in [0.717, 1.165) is 0 Å². The normalized spacial score (nSPS) is 14.0. The van der Waals surface area contributed by atoms with Crippen LogP contribution in [-0.4, -0.2) is 15.1 Å². The quantitative estimate of drug-likeness (QED) is 0.875. The van der Waals surface area contributed by atoms with E-state index in [-0.39, 0.29) is 5.82 Å². The summed E-state index contributed by atoms with van der Waals surface area (Å²) in [5.74, 6) is -1.64. The Labute approximate surface area is 91.1 Å². The summed E-state index contributed by atoms with van der Waals surface area (Å²) in [5, 5.41) is 5.25. The highest BCUT2D eigenvalue weighted by atomic mass is 32.1. The molecule has 0 amide bonds. The average molecular weight is 250 g/mol. The zero-order chi connectivity index (χ0) is 11.8. The maximum Gasteiger partial charge on any atom is 0.471 e. The van der Waals surface area contributed by atoms with Crippen molar-refractivity contribution in [3.63, 3.8) is 0 Å². The molecule has 9 heteroatoms. The van der Waals surface area contributed by atoms with Crippen molar-refractivity contribution in [1.82, 2.24) is 15.1 Å². The van der Waals surface area contributed by atoms with Crippen LogP contribution in [0.2, 0.25) is 0 Å². The molecule has 2 rings (SSSR count). The van der Waals surface area contributed by atoms with Crippen LogP contribution < -0.4 is 5.73 Å². The van der Waals surface area contributed by atoms with E-state index in [1.54, 1.807) is 5.38 Å². The van der Waals surface area contributed by atoms with Crippen LogP contribution in [0, 0.1) is 0 Å². The van der Waals surface area contributed by atoms with Gasteiger partial charge in [0, 0.05) is 11.6 Å². The van der Waals surface area contributed by atoms with Crippen LogP contribution >= 0.6 is 11.3 Å². The Morgan fingerprint density at radius 3 is 2.69 bits per heavy atom. The molecule has 0 aliphatic carbocycles. The maximum absolute atomic E-state index is 12.2. The second kappa shape index (κ2) is 3.83. The van der Waals surface area contributed by atoms with Gasteiger partial charge in [-0.15, -0.1) is 11.3 Å². The molecule has 0 aliphatic rings. The lowest BCUT2D eigenvalue weighted by atomic mass is 10.3. The third-order valence-electron chi connectivity index (χ3n) is 1.68. The Kier molecular flexibility index (Phi) is 2.64. The molecule has 2 heterocycles. The molecule has 0 bridgehead atoms. The fourth-order valence-electron chi connectivity index (χ4n) is 0.975. The molecule has 0 spiro atoms. The highest BCUT2D eigenvalue weighted by Crippen LogP contribution is 2.29. The fraction of sp³-hybridized carbons (Fsp3) is 0.286. The Morgan fingerprint density at radius 1 is 1.44 bits per heavy atom. The average Bonchev–Trinajstić information content (AvgIpc) is 2.87. The summed E-state index contributed by atoms with van der Waals surface area (Å²) in [6.45, 7) is 0. The molecule has 0 saturated carbocycles. The van der Waals surface area contributed by atoms with Crippen molar-refractivity contribution in [2.75, 3.05) is 0 Å². The summed E-state index contributed by atoms with van der Waals surface area (Å²) in [4.78, 5) is 7.03. The molecule has 0 aromatic carbocycles. The minimum atomic E-state index is -4.66.